The van der Waals surface area contributed by atoms with Crippen molar-refractivity contribution in [2.75, 3.05) is 13.7 Å². The molecule has 2 aromatic rings. The van der Waals surface area contributed by atoms with E-state index in [4.69, 9.17) is 10.5 Å². The number of rotatable bonds is 7. The Bertz CT molecular complexity index is 496. The van der Waals surface area contributed by atoms with Crippen molar-refractivity contribution in [3.63, 3.8) is 0 Å². The van der Waals surface area contributed by atoms with Gasteiger partial charge in [-0.05, 0) is 42.0 Å². The minimum atomic E-state index is -0.402. The summed E-state index contributed by atoms with van der Waals surface area (Å²) in [5, 5.41) is 12.4. The summed E-state index contributed by atoms with van der Waals surface area (Å²) in [4.78, 5) is 1.16. The van der Waals surface area contributed by atoms with Gasteiger partial charge in [0.25, 0.3) is 0 Å². The Hall–Kier alpha value is -1.36. The van der Waals surface area contributed by atoms with E-state index < -0.39 is 6.10 Å². The predicted molar refractivity (Wildman–Crippen MR) is 83.4 cm³/mol. The minimum absolute atomic E-state index is 0.0354. The highest BCUT2D eigenvalue weighted by Crippen LogP contribution is 2.26. The second kappa shape index (κ2) is 7.43. The Morgan fingerprint density at radius 1 is 1.25 bits per heavy atom. The molecule has 0 spiro atoms. The summed E-state index contributed by atoms with van der Waals surface area (Å²) < 4.78 is 5.13. The standard InChI is InChI=1S/C16H21NO2S/c1-19-13-7-4-12(5-8-13)6-9-15(18)14(11-17)16-3-2-10-20-16/h2-5,7-8,10,14-15,18H,6,9,11,17H2,1H3. The lowest BCUT2D eigenvalue weighted by molar-refractivity contribution is 0.137. The molecule has 0 aliphatic rings. The van der Waals surface area contributed by atoms with E-state index in [9.17, 15) is 5.11 Å². The average Bonchev–Trinajstić information content (AvgIpc) is 3.00. The summed E-state index contributed by atoms with van der Waals surface area (Å²) in [6.45, 7) is 0.476. The molecule has 1 aromatic heterocycles. The topological polar surface area (TPSA) is 55.5 Å². The summed E-state index contributed by atoms with van der Waals surface area (Å²) >= 11 is 1.65. The maximum Gasteiger partial charge on any atom is 0.118 e. The van der Waals surface area contributed by atoms with Gasteiger partial charge in [-0.15, -0.1) is 11.3 Å². The third-order valence-corrected chi connectivity index (χ3v) is 4.52. The van der Waals surface area contributed by atoms with Crippen LogP contribution in [0, 0.1) is 0 Å². The van der Waals surface area contributed by atoms with Gasteiger partial charge in [-0.1, -0.05) is 18.2 Å². The van der Waals surface area contributed by atoms with Crippen molar-refractivity contribution in [2.24, 2.45) is 5.73 Å². The number of aliphatic hydroxyl groups is 1. The lowest BCUT2D eigenvalue weighted by Crippen LogP contribution is -2.25. The van der Waals surface area contributed by atoms with Crippen molar-refractivity contribution in [2.45, 2.75) is 24.9 Å². The molecule has 3 N–H and O–H groups in total. The maximum atomic E-state index is 10.3. The zero-order valence-corrected chi connectivity index (χ0v) is 12.5. The van der Waals surface area contributed by atoms with E-state index >= 15 is 0 Å². The fraction of sp³-hybridized carbons (Fsp3) is 0.375. The molecule has 0 amide bonds. The van der Waals surface area contributed by atoms with Crippen LogP contribution in [0.15, 0.2) is 41.8 Å². The molecule has 0 fully saturated rings. The third-order valence-electron chi connectivity index (χ3n) is 3.51. The summed E-state index contributed by atoms with van der Waals surface area (Å²) in [6.07, 6.45) is 1.15. The molecule has 0 saturated heterocycles. The van der Waals surface area contributed by atoms with Gasteiger partial charge >= 0.3 is 0 Å². The molecule has 20 heavy (non-hydrogen) atoms. The van der Waals surface area contributed by atoms with Crippen LogP contribution < -0.4 is 10.5 Å². The van der Waals surface area contributed by atoms with Crippen molar-refractivity contribution < 1.29 is 9.84 Å². The number of methoxy groups -OCH3 is 1. The van der Waals surface area contributed by atoms with E-state index in [-0.39, 0.29) is 5.92 Å². The molecule has 4 heteroatoms. The number of aryl methyl sites for hydroxylation is 1. The van der Waals surface area contributed by atoms with E-state index in [0.29, 0.717) is 13.0 Å². The number of benzene rings is 1. The molecule has 0 radical (unpaired) electrons. The first-order valence-electron chi connectivity index (χ1n) is 6.79. The Labute approximate surface area is 124 Å². The zero-order chi connectivity index (χ0) is 14.4. The number of thiophene rings is 1. The van der Waals surface area contributed by atoms with Gasteiger partial charge in [0, 0.05) is 17.3 Å². The number of nitrogens with two attached hydrogens (primary N) is 1. The van der Waals surface area contributed by atoms with Crippen LogP contribution in [0.5, 0.6) is 5.75 Å². The lowest BCUT2D eigenvalue weighted by Gasteiger charge is -2.20. The van der Waals surface area contributed by atoms with Crippen molar-refractivity contribution in [1.29, 1.82) is 0 Å². The molecule has 0 aliphatic heterocycles. The van der Waals surface area contributed by atoms with Gasteiger partial charge in [0.2, 0.25) is 0 Å². The predicted octanol–water partition coefficient (Wildman–Crippen LogP) is 2.79. The van der Waals surface area contributed by atoms with Gasteiger partial charge in [0.05, 0.1) is 13.2 Å². The third kappa shape index (κ3) is 3.82. The molecule has 1 aromatic carbocycles. The van der Waals surface area contributed by atoms with Crippen LogP contribution in [0.4, 0.5) is 0 Å². The Kier molecular flexibility index (Phi) is 5.59. The van der Waals surface area contributed by atoms with E-state index in [1.807, 2.05) is 41.8 Å². The van der Waals surface area contributed by atoms with Gasteiger partial charge in [0.15, 0.2) is 0 Å². The van der Waals surface area contributed by atoms with Gasteiger partial charge in [-0.25, -0.2) is 0 Å². The van der Waals surface area contributed by atoms with Crippen LogP contribution in [0.25, 0.3) is 0 Å². The molecule has 108 valence electrons. The van der Waals surface area contributed by atoms with Gasteiger partial charge in [0.1, 0.15) is 5.75 Å². The largest absolute Gasteiger partial charge is 0.497 e. The molecule has 1 heterocycles. The first-order valence-corrected chi connectivity index (χ1v) is 7.67. The van der Waals surface area contributed by atoms with Crippen molar-refractivity contribution >= 4 is 11.3 Å². The van der Waals surface area contributed by atoms with Crippen LogP contribution in [-0.2, 0) is 6.42 Å². The molecular formula is C16H21NO2S. The summed E-state index contributed by atoms with van der Waals surface area (Å²) in [5.41, 5.74) is 7.00. The zero-order valence-electron chi connectivity index (χ0n) is 11.7. The Morgan fingerprint density at radius 2 is 2.00 bits per heavy atom. The normalized spacial score (nSPS) is 13.9. The molecular weight excluding hydrogens is 270 g/mol. The fourth-order valence-electron chi connectivity index (χ4n) is 2.27. The summed E-state index contributed by atoms with van der Waals surface area (Å²) in [5.74, 6) is 0.890. The molecule has 2 unspecified atom stereocenters. The smallest absolute Gasteiger partial charge is 0.118 e. The monoisotopic (exact) mass is 291 g/mol. The lowest BCUT2D eigenvalue weighted by atomic mass is 9.95. The van der Waals surface area contributed by atoms with Crippen LogP contribution in [-0.4, -0.2) is 24.9 Å². The second-order valence-electron chi connectivity index (χ2n) is 4.81. The number of ether oxygens (including phenoxy) is 1. The second-order valence-corrected chi connectivity index (χ2v) is 5.79. The van der Waals surface area contributed by atoms with Crippen molar-refractivity contribution in [1.82, 2.24) is 0 Å². The average molecular weight is 291 g/mol. The van der Waals surface area contributed by atoms with Gasteiger partial charge < -0.3 is 15.6 Å². The highest BCUT2D eigenvalue weighted by molar-refractivity contribution is 7.10. The first kappa shape index (κ1) is 15.0. The summed E-state index contributed by atoms with van der Waals surface area (Å²) in [6, 6.07) is 12.0. The van der Waals surface area contributed by atoms with Crippen molar-refractivity contribution in [3.8, 4) is 5.75 Å². The van der Waals surface area contributed by atoms with Gasteiger partial charge in [-0.3, -0.25) is 0 Å². The highest BCUT2D eigenvalue weighted by atomic mass is 32.1. The molecule has 0 saturated carbocycles. The maximum absolute atomic E-state index is 10.3. The minimum Gasteiger partial charge on any atom is -0.497 e. The van der Waals surface area contributed by atoms with Crippen LogP contribution in [0.3, 0.4) is 0 Å². The molecule has 2 atom stereocenters. The molecule has 0 aliphatic carbocycles. The Balaban J connectivity index is 1.91. The quantitative estimate of drug-likeness (QED) is 0.825. The van der Waals surface area contributed by atoms with E-state index in [0.717, 1.165) is 17.0 Å². The van der Waals surface area contributed by atoms with E-state index in [1.54, 1.807) is 18.4 Å². The fourth-order valence-corrected chi connectivity index (χ4v) is 3.17. The molecule has 0 bridgehead atoms. The number of aliphatic hydroxyl groups excluding tert-OH is 1. The first-order chi connectivity index (χ1) is 9.74. The molecule has 2 rings (SSSR count). The highest BCUT2D eigenvalue weighted by Gasteiger charge is 2.20. The molecule has 3 nitrogen and oxygen atoms in total. The number of hydrogen-bond donors (Lipinski definition) is 2. The SMILES string of the molecule is COc1ccc(CCC(O)C(CN)c2cccs2)cc1. The van der Waals surface area contributed by atoms with Crippen LogP contribution in [0.2, 0.25) is 0 Å². The van der Waals surface area contributed by atoms with E-state index in [1.165, 1.54) is 5.56 Å². The van der Waals surface area contributed by atoms with Crippen LogP contribution >= 0.6 is 11.3 Å². The van der Waals surface area contributed by atoms with Crippen LogP contribution in [0.1, 0.15) is 22.8 Å². The number of hydrogen-bond acceptors (Lipinski definition) is 4. The Morgan fingerprint density at radius 3 is 2.55 bits per heavy atom. The summed E-state index contributed by atoms with van der Waals surface area (Å²) in [7, 11) is 1.66. The van der Waals surface area contributed by atoms with Gasteiger partial charge in [-0.2, -0.15) is 0 Å². The van der Waals surface area contributed by atoms with Crippen molar-refractivity contribution in [3.05, 3.63) is 52.2 Å². The van der Waals surface area contributed by atoms with E-state index in [2.05, 4.69) is 0 Å².